The van der Waals surface area contributed by atoms with Crippen LogP contribution in [0.15, 0.2) is 24.5 Å². The monoisotopic (exact) mass is 219 g/mol. The summed E-state index contributed by atoms with van der Waals surface area (Å²) >= 11 is 0. The third-order valence-corrected chi connectivity index (χ3v) is 3.18. The molecule has 1 aliphatic rings. The van der Waals surface area contributed by atoms with Crippen molar-refractivity contribution < 1.29 is 4.79 Å². The van der Waals surface area contributed by atoms with Crippen molar-refractivity contribution in [2.45, 2.75) is 19.3 Å². The summed E-state index contributed by atoms with van der Waals surface area (Å²) in [6.07, 6.45) is 6.60. The van der Waals surface area contributed by atoms with Crippen LogP contribution in [-0.2, 0) is 0 Å². The van der Waals surface area contributed by atoms with E-state index in [1.807, 2.05) is 0 Å². The molecule has 0 bridgehead atoms. The van der Waals surface area contributed by atoms with E-state index in [1.54, 1.807) is 24.5 Å². The van der Waals surface area contributed by atoms with Gasteiger partial charge in [-0.25, -0.2) is 0 Å². The molecule has 1 aromatic heterocycles. The van der Waals surface area contributed by atoms with E-state index in [0.717, 1.165) is 13.0 Å². The Kier molecular flexibility index (Phi) is 3.19. The van der Waals surface area contributed by atoms with Crippen molar-refractivity contribution in [2.24, 2.45) is 11.1 Å². The number of nitrogens with zero attached hydrogens (tertiary/aromatic N) is 1. The van der Waals surface area contributed by atoms with Crippen molar-refractivity contribution in [3.63, 3.8) is 0 Å². The lowest BCUT2D eigenvalue weighted by Gasteiger charge is -2.14. The maximum Gasteiger partial charge on any atom is 0.252 e. The first-order valence-corrected chi connectivity index (χ1v) is 5.64. The van der Waals surface area contributed by atoms with Crippen molar-refractivity contribution in [1.29, 1.82) is 0 Å². The van der Waals surface area contributed by atoms with E-state index >= 15 is 0 Å². The molecule has 1 heterocycles. The van der Waals surface area contributed by atoms with E-state index < -0.39 is 0 Å². The Bertz CT molecular complexity index is 360. The van der Waals surface area contributed by atoms with E-state index in [0.29, 0.717) is 12.1 Å². The number of rotatable bonds is 5. The lowest BCUT2D eigenvalue weighted by Crippen LogP contribution is -2.31. The third-order valence-electron chi connectivity index (χ3n) is 3.18. The predicted octanol–water partition coefficient (Wildman–Crippen LogP) is 0.940. The van der Waals surface area contributed by atoms with Crippen LogP contribution in [0.3, 0.4) is 0 Å². The van der Waals surface area contributed by atoms with Gasteiger partial charge in [0.25, 0.3) is 5.91 Å². The summed E-state index contributed by atoms with van der Waals surface area (Å²) in [4.78, 5) is 15.7. The SMILES string of the molecule is NCCC1(CNC(=O)c2cccnc2)CC1. The average molecular weight is 219 g/mol. The molecule has 0 radical (unpaired) electrons. The summed E-state index contributed by atoms with van der Waals surface area (Å²) < 4.78 is 0. The van der Waals surface area contributed by atoms with Crippen LogP contribution in [0.2, 0.25) is 0 Å². The van der Waals surface area contributed by atoms with Gasteiger partial charge in [-0.3, -0.25) is 9.78 Å². The number of pyridine rings is 1. The fraction of sp³-hybridized carbons (Fsp3) is 0.500. The Hall–Kier alpha value is -1.42. The zero-order valence-electron chi connectivity index (χ0n) is 9.28. The van der Waals surface area contributed by atoms with Gasteiger partial charge in [-0.05, 0) is 43.4 Å². The molecule has 0 atom stereocenters. The first kappa shape index (κ1) is 11.1. The van der Waals surface area contributed by atoms with Crippen LogP contribution in [0.1, 0.15) is 29.6 Å². The van der Waals surface area contributed by atoms with Gasteiger partial charge in [0.05, 0.1) is 5.56 Å². The number of hydrogen-bond acceptors (Lipinski definition) is 3. The number of amides is 1. The number of aromatic nitrogens is 1. The summed E-state index contributed by atoms with van der Waals surface area (Å²) in [5.41, 5.74) is 6.45. The number of nitrogens with one attached hydrogen (secondary N) is 1. The van der Waals surface area contributed by atoms with Gasteiger partial charge >= 0.3 is 0 Å². The van der Waals surface area contributed by atoms with Crippen LogP contribution in [-0.4, -0.2) is 24.0 Å². The Morgan fingerprint density at radius 3 is 2.94 bits per heavy atom. The van der Waals surface area contributed by atoms with E-state index in [1.165, 1.54) is 12.8 Å². The molecule has 4 heteroatoms. The lowest BCUT2D eigenvalue weighted by atomic mass is 10.0. The molecule has 2 rings (SSSR count). The highest BCUT2D eigenvalue weighted by molar-refractivity contribution is 5.93. The molecule has 0 spiro atoms. The average Bonchev–Trinajstić information content (AvgIpc) is 3.08. The smallest absolute Gasteiger partial charge is 0.252 e. The van der Waals surface area contributed by atoms with Crippen LogP contribution < -0.4 is 11.1 Å². The maximum absolute atomic E-state index is 11.7. The zero-order valence-corrected chi connectivity index (χ0v) is 9.28. The molecule has 16 heavy (non-hydrogen) atoms. The van der Waals surface area contributed by atoms with Crippen molar-refractivity contribution in [3.8, 4) is 0 Å². The second-order valence-corrected chi connectivity index (χ2v) is 4.46. The van der Waals surface area contributed by atoms with Crippen molar-refractivity contribution in [1.82, 2.24) is 10.3 Å². The Balaban J connectivity index is 1.85. The third kappa shape index (κ3) is 2.58. The molecule has 0 unspecified atom stereocenters. The van der Waals surface area contributed by atoms with Gasteiger partial charge in [0.15, 0.2) is 0 Å². The summed E-state index contributed by atoms with van der Waals surface area (Å²) in [6, 6.07) is 3.53. The molecule has 3 N–H and O–H groups in total. The molecule has 1 saturated carbocycles. The molecule has 4 nitrogen and oxygen atoms in total. The molecular weight excluding hydrogens is 202 g/mol. The van der Waals surface area contributed by atoms with Gasteiger partial charge in [-0.2, -0.15) is 0 Å². The van der Waals surface area contributed by atoms with E-state index in [9.17, 15) is 4.79 Å². The van der Waals surface area contributed by atoms with Gasteiger partial charge in [0, 0.05) is 18.9 Å². The minimum atomic E-state index is -0.0450. The molecule has 86 valence electrons. The fourth-order valence-corrected chi connectivity index (χ4v) is 1.87. The summed E-state index contributed by atoms with van der Waals surface area (Å²) in [6.45, 7) is 1.43. The van der Waals surface area contributed by atoms with Gasteiger partial charge in [0.2, 0.25) is 0 Å². The number of carbonyl (C=O) groups is 1. The lowest BCUT2D eigenvalue weighted by molar-refractivity contribution is 0.0943. The highest BCUT2D eigenvalue weighted by atomic mass is 16.1. The Morgan fingerprint density at radius 2 is 2.38 bits per heavy atom. The van der Waals surface area contributed by atoms with Gasteiger partial charge in [-0.1, -0.05) is 0 Å². The van der Waals surface area contributed by atoms with E-state index in [-0.39, 0.29) is 11.3 Å². The van der Waals surface area contributed by atoms with Gasteiger partial charge < -0.3 is 11.1 Å². The maximum atomic E-state index is 11.7. The van der Waals surface area contributed by atoms with E-state index in [4.69, 9.17) is 5.73 Å². The number of hydrogen-bond donors (Lipinski definition) is 2. The van der Waals surface area contributed by atoms with Crippen LogP contribution in [0.4, 0.5) is 0 Å². The molecule has 0 saturated heterocycles. The number of nitrogens with two attached hydrogens (primary N) is 1. The largest absolute Gasteiger partial charge is 0.351 e. The minimum Gasteiger partial charge on any atom is -0.351 e. The highest BCUT2D eigenvalue weighted by Crippen LogP contribution is 2.47. The summed E-state index contributed by atoms with van der Waals surface area (Å²) in [5, 5.41) is 2.95. The number of carbonyl (C=O) groups excluding carboxylic acids is 1. The van der Waals surface area contributed by atoms with E-state index in [2.05, 4.69) is 10.3 Å². The molecule has 1 aromatic rings. The van der Waals surface area contributed by atoms with Crippen LogP contribution in [0.25, 0.3) is 0 Å². The van der Waals surface area contributed by atoms with Gasteiger partial charge in [-0.15, -0.1) is 0 Å². The second-order valence-electron chi connectivity index (χ2n) is 4.46. The normalized spacial score (nSPS) is 16.8. The standard InChI is InChI=1S/C12H17N3O/c13-6-5-12(3-4-12)9-15-11(16)10-2-1-7-14-8-10/h1-2,7-8H,3-6,9,13H2,(H,15,16). The molecule has 0 aromatic carbocycles. The first-order valence-electron chi connectivity index (χ1n) is 5.64. The predicted molar refractivity (Wildman–Crippen MR) is 61.9 cm³/mol. The Morgan fingerprint density at radius 1 is 1.56 bits per heavy atom. The second kappa shape index (κ2) is 4.61. The summed E-state index contributed by atoms with van der Waals surface area (Å²) in [5.74, 6) is -0.0450. The first-order chi connectivity index (χ1) is 7.76. The van der Waals surface area contributed by atoms with Crippen LogP contribution in [0, 0.1) is 5.41 Å². The molecule has 1 amide bonds. The highest BCUT2D eigenvalue weighted by Gasteiger charge is 2.41. The molecule has 0 aliphatic heterocycles. The van der Waals surface area contributed by atoms with Crippen LogP contribution >= 0.6 is 0 Å². The van der Waals surface area contributed by atoms with Crippen molar-refractivity contribution in [2.75, 3.05) is 13.1 Å². The molecular formula is C12H17N3O. The van der Waals surface area contributed by atoms with Crippen molar-refractivity contribution >= 4 is 5.91 Å². The van der Waals surface area contributed by atoms with Crippen LogP contribution in [0.5, 0.6) is 0 Å². The molecule has 1 fully saturated rings. The molecule has 1 aliphatic carbocycles. The van der Waals surface area contributed by atoms with Gasteiger partial charge in [0.1, 0.15) is 0 Å². The topological polar surface area (TPSA) is 68.0 Å². The minimum absolute atomic E-state index is 0.0450. The summed E-state index contributed by atoms with van der Waals surface area (Å²) in [7, 11) is 0. The Labute approximate surface area is 95.3 Å². The van der Waals surface area contributed by atoms with Crippen molar-refractivity contribution in [3.05, 3.63) is 30.1 Å². The zero-order chi connectivity index (χ0) is 11.4. The fourth-order valence-electron chi connectivity index (χ4n) is 1.87. The quantitative estimate of drug-likeness (QED) is 0.774.